The molecule has 30 heavy (non-hydrogen) atoms. The molecule has 1 fully saturated rings. The van der Waals surface area contributed by atoms with Gasteiger partial charge < -0.3 is 20.9 Å². The SMILES string of the molecule is CC[C@H](C)NC(=O)c1cc(NC(=O)Nc2cccc(C)c2)ccc1N1CCCCC1. The van der Waals surface area contributed by atoms with Crippen LogP contribution in [-0.4, -0.2) is 31.1 Å². The van der Waals surface area contributed by atoms with Crippen LogP contribution in [0.3, 0.4) is 0 Å². The van der Waals surface area contributed by atoms with Gasteiger partial charge in [-0.15, -0.1) is 0 Å². The van der Waals surface area contributed by atoms with Gasteiger partial charge in [-0.25, -0.2) is 4.79 Å². The maximum absolute atomic E-state index is 13.0. The monoisotopic (exact) mass is 408 g/mol. The number of piperidine rings is 1. The van der Waals surface area contributed by atoms with Crippen molar-refractivity contribution in [1.29, 1.82) is 0 Å². The summed E-state index contributed by atoms with van der Waals surface area (Å²) in [7, 11) is 0. The molecular weight excluding hydrogens is 376 g/mol. The number of hydrogen-bond donors (Lipinski definition) is 3. The van der Waals surface area contributed by atoms with Crippen molar-refractivity contribution in [3.63, 3.8) is 0 Å². The normalized spacial score (nSPS) is 14.7. The van der Waals surface area contributed by atoms with E-state index in [0.717, 1.165) is 49.3 Å². The standard InChI is InChI=1S/C24H32N4O2/c1-4-18(3)25-23(29)21-16-20(11-12-22(21)28-13-6-5-7-14-28)27-24(30)26-19-10-8-9-17(2)15-19/h8-12,15-16,18H,4-7,13-14H2,1-3H3,(H,25,29)(H2,26,27,30)/t18-/m0/s1. The molecule has 2 aromatic carbocycles. The van der Waals surface area contributed by atoms with E-state index < -0.39 is 0 Å². The maximum Gasteiger partial charge on any atom is 0.323 e. The third-order valence-electron chi connectivity index (χ3n) is 5.46. The molecule has 0 radical (unpaired) electrons. The maximum atomic E-state index is 13.0. The van der Waals surface area contributed by atoms with Gasteiger partial charge in [0.05, 0.1) is 5.56 Å². The molecule has 6 nitrogen and oxygen atoms in total. The Labute approximate surface area is 179 Å². The number of carbonyl (C=O) groups excluding carboxylic acids is 2. The third-order valence-corrected chi connectivity index (χ3v) is 5.46. The second-order valence-electron chi connectivity index (χ2n) is 8.01. The summed E-state index contributed by atoms with van der Waals surface area (Å²) < 4.78 is 0. The van der Waals surface area contributed by atoms with Crippen molar-refractivity contribution in [3.8, 4) is 0 Å². The molecule has 1 heterocycles. The lowest BCUT2D eigenvalue weighted by molar-refractivity contribution is 0.0939. The summed E-state index contributed by atoms with van der Waals surface area (Å²) in [6.07, 6.45) is 4.35. The molecule has 1 aliphatic rings. The summed E-state index contributed by atoms with van der Waals surface area (Å²) in [5, 5.41) is 8.75. The highest BCUT2D eigenvalue weighted by Crippen LogP contribution is 2.27. The lowest BCUT2D eigenvalue weighted by Gasteiger charge is -2.31. The Hall–Kier alpha value is -3.02. The Morgan fingerprint density at radius 2 is 1.70 bits per heavy atom. The van der Waals surface area contributed by atoms with Gasteiger partial charge in [0.1, 0.15) is 0 Å². The molecule has 0 saturated carbocycles. The highest BCUT2D eigenvalue weighted by atomic mass is 16.2. The first-order valence-corrected chi connectivity index (χ1v) is 10.8. The van der Waals surface area contributed by atoms with Gasteiger partial charge >= 0.3 is 6.03 Å². The lowest BCUT2D eigenvalue weighted by Crippen LogP contribution is -2.35. The predicted molar refractivity (Wildman–Crippen MR) is 124 cm³/mol. The van der Waals surface area contributed by atoms with Gasteiger partial charge in [0.25, 0.3) is 5.91 Å². The predicted octanol–water partition coefficient (Wildman–Crippen LogP) is 5.16. The molecule has 0 unspecified atom stereocenters. The minimum atomic E-state index is -0.334. The number of urea groups is 1. The number of benzene rings is 2. The Morgan fingerprint density at radius 3 is 2.37 bits per heavy atom. The molecule has 1 atom stereocenters. The number of nitrogens with one attached hydrogen (secondary N) is 3. The summed E-state index contributed by atoms with van der Waals surface area (Å²) in [5.41, 5.74) is 3.93. The summed E-state index contributed by atoms with van der Waals surface area (Å²) in [6, 6.07) is 13.0. The average Bonchev–Trinajstić information content (AvgIpc) is 2.74. The summed E-state index contributed by atoms with van der Waals surface area (Å²) >= 11 is 0. The van der Waals surface area contributed by atoms with Crippen LogP contribution >= 0.6 is 0 Å². The zero-order valence-corrected chi connectivity index (χ0v) is 18.1. The third kappa shape index (κ3) is 5.75. The minimum Gasteiger partial charge on any atom is -0.371 e. The van der Waals surface area contributed by atoms with E-state index in [2.05, 4.69) is 20.9 Å². The van der Waals surface area contributed by atoms with Crippen LogP contribution in [0.1, 0.15) is 55.5 Å². The van der Waals surface area contributed by atoms with Gasteiger partial charge in [0.15, 0.2) is 0 Å². The van der Waals surface area contributed by atoms with Crippen LogP contribution < -0.4 is 20.9 Å². The molecule has 3 N–H and O–H groups in total. The van der Waals surface area contributed by atoms with Gasteiger partial charge in [-0.2, -0.15) is 0 Å². The van der Waals surface area contributed by atoms with Crippen molar-refractivity contribution in [2.75, 3.05) is 28.6 Å². The molecular formula is C24H32N4O2. The van der Waals surface area contributed by atoms with Crippen LogP contribution in [0.2, 0.25) is 0 Å². The van der Waals surface area contributed by atoms with E-state index in [1.165, 1.54) is 6.42 Å². The summed E-state index contributed by atoms with van der Waals surface area (Å²) in [6.45, 7) is 7.92. The first-order chi connectivity index (χ1) is 14.5. The van der Waals surface area contributed by atoms with E-state index in [1.807, 2.05) is 57.2 Å². The van der Waals surface area contributed by atoms with Gasteiger partial charge in [-0.05, 0) is 75.4 Å². The van der Waals surface area contributed by atoms with Gasteiger partial charge in [-0.3, -0.25) is 4.79 Å². The molecule has 2 aromatic rings. The molecule has 0 aliphatic carbocycles. The Morgan fingerprint density at radius 1 is 1.00 bits per heavy atom. The van der Waals surface area contributed by atoms with E-state index in [9.17, 15) is 9.59 Å². The number of rotatable bonds is 6. The lowest BCUT2D eigenvalue weighted by atomic mass is 10.1. The van der Waals surface area contributed by atoms with E-state index in [1.54, 1.807) is 6.07 Å². The van der Waals surface area contributed by atoms with Gasteiger partial charge in [0.2, 0.25) is 0 Å². The van der Waals surface area contributed by atoms with E-state index >= 15 is 0 Å². The Bertz CT molecular complexity index is 891. The first-order valence-electron chi connectivity index (χ1n) is 10.8. The average molecular weight is 409 g/mol. The van der Waals surface area contributed by atoms with Crippen LogP contribution in [0.15, 0.2) is 42.5 Å². The largest absolute Gasteiger partial charge is 0.371 e. The zero-order chi connectivity index (χ0) is 21.5. The highest BCUT2D eigenvalue weighted by Gasteiger charge is 2.20. The van der Waals surface area contributed by atoms with Crippen LogP contribution in [0, 0.1) is 6.92 Å². The molecule has 3 amide bonds. The number of hydrogen-bond acceptors (Lipinski definition) is 3. The van der Waals surface area contributed by atoms with Crippen LogP contribution in [0.25, 0.3) is 0 Å². The second kappa shape index (κ2) is 10.1. The fourth-order valence-electron chi connectivity index (χ4n) is 3.63. The summed E-state index contributed by atoms with van der Waals surface area (Å²) in [5.74, 6) is -0.104. The number of amides is 3. The first kappa shape index (κ1) is 21.7. The smallest absolute Gasteiger partial charge is 0.323 e. The molecule has 3 rings (SSSR count). The molecule has 160 valence electrons. The van der Waals surface area contributed by atoms with Crippen LogP contribution in [0.5, 0.6) is 0 Å². The van der Waals surface area contributed by atoms with Crippen molar-refractivity contribution in [1.82, 2.24) is 5.32 Å². The zero-order valence-electron chi connectivity index (χ0n) is 18.1. The molecule has 1 aliphatic heterocycles. The Balaban J connectivity index is 1.80. The van der Waals surface area contributed by atoms with E-state index in [4.69, 9.17) is 0 Å². The van der Waals surface area contributed by atoms with E-state index in [-0.39, 0.29) is 18.0 Å². The number of aryl methyl sites for hydroxylation is 1. The van der Waals surface area contributed by atoms with Crippen LogP contribution in [0.4, 0.5) is 21.9 Å². The molecule has 0 bridgehead atoms. The van der Waals surface area contributed by atoms with E-state index in [0.29, 0.717) is 11.3 Å². The highest BCUT2D eigenvalue weighted by molar-refractivity contribution is 6.04. The van der Waals surface area contributed by atoms with Crippen molar-refractivity contribution in [2.24, 2.45) is 0 Å². The van der Waals surface area contributed by atoms with Crippen molar-refractivity contribution in [2.45, 2.75) is 52.5 Å². The second-order valence-corrected chi connectivity index (χ2v) is 8.01. The quantitative estimate of drug-likeness (QED) is 0.618. The fraction of sp³-hybridized carbons (Fsp3) is 0.417. The van der Waals surface area contributed by atoms with Gasteiger partial charge in [0, 0.05) is 36.2 Å². The molecule has 6 heteroatoms. The Kier molecular flexibility index (Phi) is 7.33. The number of carbonyl (C=O) groups is 2. The van der Waals surface area contributed by atoms with Crippen LogP contribution in [-0.2, 0) is 0 Å². The number of nitrogens with zero attached hydrogens (tertiary/aromatic N) is 1. The molecule has 0 aromatic heterocycles. The van der Waals surface area contributed by atoms with Crippen molar-refractivity contribution >= 4 is 29.0 Å². The minimum absolute atomic E-state index is 0.0907. The molecule has 0 spiro atoms. The molecule has 1 saturated heterocycles. The topological polar surface area (TPSA) is 73.5 Å². The summed E-state index contributed by atoms with van der Waals surface area (Å²) in [4.78, 5) is 27.7. The van der Waals surface area contributed by atoms with Crippen molar-refractivity contribution < 1.29 is 9.59 Å². The fourth-order valence-corrected chi connectivity index (χ4v) is 3.63. The number of anilines is 3. The van der Waals surface area contributed by atoms with Gasteiger partial charge in [-0.1, -0.05) is 19.1 Å². The van der Waals surface area contributed by atoms with Crippen molar-refractivity contribution in [3.05, 3.63) is 53.6 Å².